The predicted molar refractivity (Wildman–Crippen MR) is 58.4 cm³/mol. The minimum atomic E-state index is -1.07. The van der Waals surface area contributed by atoms with Crippen molar-refractivity contribution < 1.29 is 15.0 Å². The largest absolute Gasteiger partial charge is 0.507 e. The molecule has 1 rings (SSSR count). The van der Waals surface area contributed by atoms with Crippen LogP contribution in [-0.4, -0.2) is 16.2 Å². The van der Waals surface area contributed by atoms with Gasteiger partial charge in [-0.3, -0.25) is 0 Å². The average molecular weight is 208 g/mol. The molecule has 0 saturated carbocycles. The van der Waals surface area contributed by atoms with Crippen LogP contribution in [0.25, 0.3) is 0 Å². The molecule has 3 heteroatoms. The normalized spacial score (nSPS) is 10.3. The van der Waals surface area contributed by atoms with E-state index in [2.05, 4.69) is 6.92 Å². The van der Waals surface area contributed by atoms with Gasteiger partial charge in [0.2, 0.25) is 0 Å². The fourth-order valence-electron chi connectivity index (χ4n) is 1.57. The molecule has 0 saturated heterocycles. The van der Waals surface area contributed by atoms with Crippen LogP contribution < -0.4 is 0 Å². The first-order chi connectivity index (χ1) is 7.07. The Balaban J connectivity index is 3.11. The lowest BCUT2D eigenvalue weighted by molar-refractivity contribution is 0.0692. The Bertz CT molecular complexity index is 369. The molecule has 1 aromatic carbocycles. The highest BCUT2D eigenvalue weighted by Gasteiger charge is 2.15. The van der Waals surface area contributed by atoms with Gasteiger partial charge in [-0.25, -0.2) is 4.79 Å². The lowest BCUT2D eigenvalue weighted by atomic mass is 10.00. The van der Waals surface area contributed by atoms with Crippen molar-refractivity contribution in [1.29, 1.82) is 0 Å². The molecule has 0 atom stereocenters. The highest BCUT2D eigenvalue weighted by Crippen LogP contribution is 2.27. The van der Waals surface area contributed by atoms with Gasteiger partial charge >= 0.3 is 5.97 Å². The molecule has 0 amide bonds. The van der Waals surface area contributed by atoms with Crippen molar-refractivity contribution in [2.75, 3.05) is 0 Å². The summed E-state index contributed by atoms with van der Waals surface area (Å²) >= 11 is 0. The third kappa shape index (κ3) is 2.49. The molecule has 15 heavy (non-hydrogen) atoms. The van der Waals surface area contributed by atoms with E-state index in [4.69, 9.17) is 5.11 Å². The lowest BCUT2D eigenvalue weighted by Gasteiger charge is -2.09. The van der Waals surface area contributed by atoms with Gasteiger partial charge in [0.15, 0.2) is 0 Å². The summed E-state index contributed by atoms with van der Waals surface area (Å²) in [4.78, 5) is 10.9. The van der Waals surface area contributed by atoms with Gasteiger partial charge in [-0.1, -0.05) is 25.5 Å². The molecule has 0 radical (unpaired) electrons. The minimum Gasteiger partial charge on any atom is -0.507 e. The van der Waals surface area contributed by atoms with Crippen molar-refractivity contribution in [2.24, 2.45) is 0 Å². The number of phenols is 1. The Morgan fingerprint density at radius 2 is 2.07 bits per heavy atom. The first-order valence-corrected chi connectivity index (χ1v) is 5.12. The maximum atomic E-state index is 10.9. The van der Waals surface area contributed by atoms with Crippen molar-refractivity contribution >= 4 is 5.97 Å². The first kappa shape index (κ1) is 11.6. The van der Waals surface area contributed by atoms with Crippen LogP contribution >= 0.6 is 0 Å². The number of unbranched alkanes of at least 4 members (excludes halogenated alkanes) is 1. The van der Waals surface area contributed by atoms with Gasteiger partial charge in [-0.2, -0.15) is 0 Å². The molecule has 0 spiro atoms. The van der Waals surface area contributed by atoms with Gasteiger partial charge in [0, 0.05) is 0 Å². The molecule has 3 nitrogen and oxygen atoms in total. The van der Waals surface area contributed by atoms with Gasteiger partial charge < -0.3 is 10.2 Å². The van der Waals surface area contributed by atoms with E-state index in [0.717, 1.165) is 24.8 Å². The first-order valence-electron chi connectivity index (χ1n) is 5.12. The third-order valence-electron chi connectivity index (χ3n) is 2.48. The monoisotopic (exact) mass is 208 g/mol. The van der Waals surface area contributed by atoms with E-state index in [1.807, 2.05) is 0 Å². The second-order valence-corrected chi connectivity index (χ2v) is 3.67. The quantitative estimate of drug-likeness (QED) is 0.799. The third-order valence-corrected chi connectivity index (χ3v) is 2.48. The zero-order valence-corrected chi connectivity index (χ0v) is 9.08. The van der Waals surface area contributed by atoms with E-state index >= 15 is 0 Å². The molecule has 0 fully saturated rings. The number of rotatable bonds is 4. The highest BCUT2D eigenvalue weighted by molar-refractivity contribution is 5.93. The molecule has 1 aromatic rings. The lowest BCUT2D eigenvalue weighted by Crippen LogP contribution is -2.02. The second kappa shape index (κ2) is 4.82. The maximum Gasteiger partial charge on any atom is 0.339 e. The Kier molecular flexibility index (Phi) is 3.72. The second-order valence-electron chi connectivity index (χ2n) is 3.67. The molecule has 0 aliphatic heterocycles. The smallest absolute Gasteiger partial charge is 0.339 e. The van der Waals surface area contributed by atoms with Crippen LogP contribution in [0.4, 0.5) is 0 Å². The number of aromatic carboxylic acids is 1. The molecular formula is C12H16O3. The number of hydrogen-bond donors (Lipinski definition) is 2. The fraction of sp³-hybridized carbons (Fsp3) is 0.417. The zero-order valence-electron chi connectivity index (χ0n) is 9.08. The number of carbonyl (C=O) groups is 1. The van der Waals surface area contributed by atoms with Crippen molar-refractivity contribution in [1.82, 2.24) is 0 Å². The highest BCUT2D eigenvalue weighted by atomic mass is 16.4. The van der Waals surface area contributed by atoms with Gasteiger partial charge in [0.25, 0.3) is 0 Å². The Morgan fingerprint density at radius 3 is 2.60 bits per heavy atom. The molecule has 0 aliphatic rings. The molecule has 82 valence electrons. The number of carboxylic acid groups (broad SMARTS) is 1. The van der Waals surface area contributed by atoms with Gasteiger partial charge in [-0.05, 0) is 30.9 Å². The van der Waals surface area contributed by atoms with Crippen molar-refractivity contribution in [2.45, 2.75) is 33.1 Å². The van der Waals surface area contributed by atoms with Crippen LogP contribution in [0.15, 0.2) is 12.1 Å². The summed E-state index contributed by atoms with van der Waals surface area (Å²) in [5.74, 6) is -1.14. The SMILES string of the molecule is CCCCc1ccc(C)c(C(=O)O)c1O. The maximum absolute atomic E-state index is 10.9. The summed E-state index contributed by atoms with van der Waals surface area (Å²) in [6.07, 6.45) is 2.70. The summed E-state index contributed by atoms with van der Waals surface area (Å²) < 4.78 is 0. The Labute approximate surface area is 89.4 Å². The molecule has 0 unspecified atom stereocenters. The summed E-state index contributed by atoms with van der Waals surface area (Å²) in [6, 6.07) is 3.54. The van der Waals surface area contributed by atoms with Crippen molar-refractivity contribution in [3.63, 3.8) is 0 Å². The average Bonchev–Trinajstić information content (AvgIpc) is 2.16. The molecule has 0 bridgehead atoms. The number of carboxylic acids is 1. The number of hydrogen-bond acceptors (Lipinski definition) is 2. The van der Waals surface area contributed by atoms with Gasteiger partial charge in [0.1, 0.15) is 11.3 Å². The number of benzene rings is 1. The van der Waals surface area contributed by atoms with Crippen LogP contribution in [-0.2, 0) is 6.42 Å². The van der Waals surface area contributed by atoms with Crippen LogP contribution in [0.5, 0.6) is 5.75 Å². The van der Waals surface area contributed by atoms with Crippen molar-refractivity contribution in [3.8, 4) is 5.75 Å². The standard InChI is InChI=1S/C12H16O3/c1-3-4-5-9-7-6-8(2)10(11(9)13)12(14)15/h6-7,13H,3-5H2,1-2H3,(H,14,15). The van der Waals surface area contributed by atoms with Gasteiger partial charge in [-0.15, -0.1) is 0 Å². The fourth-order valence-corrected chi connectivity index (χ4v) is 1.57. The minimum absolute atomic E-state index is 0.0311. The van der Waals surface area contributed by atoms with Crippen LogP contribution in [0, 0.1) is 6.92 Å². The number of aryl methyl sites for hydroxylation is 2. The summed E-state index contributed by atoms with van der Waals surface area (Å²) in [5, 5.41) is 18.7. The topological polar surface area (TPSA) is 57.5 Å². The Morgan fingerprint density at radius 1 is 1.40 bits per heavy atom. The molecule has 0 aliphatic carbocycles. The van der Waals surface area contributed by atoms with Gasteiger partial charge in [0.05, 0.1) is 0 Å². The number of aromatic hydroxyl groups is 1. The Hall–Kier alpha value is -1.51. The predicted octanol–water partition coefficient (Wildman–Crippen LogP) is 2.74. The van der Waals surface area contributed by atoms with Crippen molar-refractivity contribution in [3.05, 3.63) is 28.8 Å². The summed E-state index contributed by atoms with van der Waals surface area (Å²) in [5.41, 5.74) is 1.35. The molecule has 0 heterocycles. The summed E-state index contributed by atoms with van der Waals surface area (Å²) in [6.45, 7) is 3.75. The molecular weight excluding hydrogens is 192 g/mol. The zero-order chi connectivity index (χ0) is 11.4. The van der Waals surface area contributed by atoms with Crippen LogP contribution in [0.1, 0.15) is 41.3 Å². The van der Waals surface area contributed by atoms with Crippen LogP contribution in [0.2, 0.25) is 0 Å². The van der Waals surface area contributed by atoms with E-state index in [0.29, 0.717) is 5.56 Å². The summed E-state index contributed by atoms with van der Waals surface area (Å²) in [7, 11) is 0. The van der Waals surface area contributed by atoms with E-state index in [-0.39, 0.29) is 11.3 Å². The van der Waals surface area contributed by atoms with E-state index in [1.165, 1.54) is 0 Å². The van der Waals surface area contributed by atoms with Crippen LogP contribution in [0.3, 0.4) is 0 Å². The van der Waals surface area contributed by atoms with E-state index in [1.54, 1.807) is 19.1 Å². The van der Waals surface area contributed by atoms with E-state index in [9.17, 15) is 9.90 Å². The molecule has 0 aromatic heterocycles. The van der Waals surface area contributed by atoms with E-state index < -0.39 is 5.97 Å². The molecule has 2 N–H and O–H groups in total.